The summed E-state index contributed by atoms with van der Waals surface area (Å²) in [4.78, 5) is 12.7. The third kappa shape index (κ3) is 2.98. The fourth-order valence-corrected chi connectivity index (χ4v) is 2.26. The molecule has 0 fully saturated rings. The van der Waals surface area contributed by atoms with Crippen molar-refractivity contribution in [3.8, 4) is 5.69 Å². The molecule has 0 saturated heterocycles. The second kappa shape index (κ2) is 6.25. The molecule has 0 bridgehead atoms. The molecule has 3 rings (SSSR count). The van der Waals surface area contributed by atoms with Crippen molar-refractivity contribution < 1.29 is 20.1 Å². The first kappa shape index (κ1) is 15.3. The minimum absolute atomic E-state index is 0.332. The van der Waals surface area contributed by atoms with Crippen LogP contribution in [0.3, 0.4) is 0 Å². The van der Waals surface area contributed by atoms with E-state index in [1.807, 2.05) is 24.3 Å². The first-order chi connectivity index (χ1) is 11.1. The normalized spacial score (nSPS) is 13.9. The number of aliphatic hydroxyl groups is 3. The first-order valence-corrected chi connectivity index (χ1v) is 7.02. The highest BCUT2D eigenvalue weighted by Crippen LogP contribution is 2.21. The van der Waals surface area contributed by atoms with Gasteiger partial charge in [0.1, 0.15) is 29.8 Å². The Morgan fingerprint density at radius 2 is 1.70 bits per heavy atom. The Hall–Kier alpha value is -2.61. The van der Waals surface area contributed by atoms with Gasteiger partial charge in [0, 0.05) is 0 Å². The van der Waals surface area contributed by atoms with Gasteiger partial charge in [-0.25, -0.2) is 0 Å². The molecule has 2 unspecified atom stereocenters. The van der Waals surface area contributed by atoms with E-state index in [0.717, 1.165) is 11.0 Å². The summed E-state index contributed by atoms with van der Waals surface area (Å²) in [7, 11) is 0. The zero-order chi connectivity index (χ0) is 16.4. The molecular formula is C16H15N3O4. The minimum atomic E-state index is -1.68. The number of carbonyl (C=O) groups excluding carboxylic acids is 1. The summed E-state index contributed by atoms with van der Waals surface area (Å²) >= 11 is 0. The average Bonchev–Trinajstić information content (AvgIpc) is 3.04. The maximum atomic E-state index is 11.3. The fourth-order valence-electron chi connectivity index (χ4n) is 2.26. The van der Waals surface area contributed by atoms with Gasteiger partial charge in [0.2, 0.25) is 0 Å². The van der Waals surface area contributed by atoms with Gasteiger partial charge >= 0.3 is 0 Å². The lowest BCUT2D eigenvalue weighted by atomic mass is 10.0. The lowest BCUT2D eigenvalue weighted by Crippen LogP contribution is -2.30. The van der Waals surface area contributed by atoms with E-state index >= 15 is 0 Å². The van der Waals surface area contributed by atoms with Gasteiger partial charge in [0.15, 0.2) is 5.78 Å². The molecule has 1 aromatic heterocycles. The quantitative estimate of drug-likeness (QED) is 0.628. The molecular weight excluding hydrogens is 298 g/mol. The van der Waals surface area contributed by atoms with Crippen LogP contribution < -0.4 is 0 Å². The molecule has 0 aliphatic carbocycles. The summed E-state index contributed by atoms with van der Waals surface area (Å²) in [6.07, 6.45) is -3.11. The van der Waals surface area contributed by atoms with Crippen molar-refractivity contribution in [2.45, 2.75) is 12.2 Å². The van der Waals surface area contributed by atoms with E-state index in [1.54, 1.807) is 24.3 Å². The molecule has 23 heavy (non-hydrogen) atoms. The highest BCUT2D eigenvalue weighted by Gasteiger charge is 2.25. The smallest absolute Gasteiger partial charge is 0.189 e. The molecule has 7 nitrogen and oxygen atoms in total. The van der Waals surface area contributed by atoms with Crippen molar-refractivity contribution in [2.75, 3.05) is 6.61 Å². The molecule has 0 saturated carbocycles. The Morgan fingerprint density at radius 1 is 1.04 bits per heavy atom. The average molecular weight is 313 g/mol. The number of aliphatic hydroxyl groups excluding tert-OH is 3. The van der Waals surface area contributed by atoms with Crippen LogP contribution in [0.25, 0.3) is 16.7 Å². The van der Waals surface area contributed by atoms with E-state index in [-0.39, 0.29) is 0 Å². The van der Waals surface area contributed by atoms with Crippen LogP contribution in [-0.4, -0.2) is 48.8 Å². The Labute approximate surface area is 131 Å². The summed E-state index contributed by atoms with van der Waals surface area (Å²) in [5, 5.41) is 37.2. The SMILES string of the molecule is O=C(CO)C(O)C(O)c1cccc(-n2nc3ccccc3n2)c1. The number of benzene rings is 2. The number of hydrogen-bond acceptors (Lipinski definition) is 6. The van der Waals surface area contributed by atoms with E-state index in [2.05, 4.69) is 10.2 Å². The molecule has 2 aromatic carbocycles. The van der Waals surface area contributed by atoms with E-state index in [1.165, 1.54) is 4.80 Å². The van der Waals surface area contributed by atoms with Gasteiger partial charge in [-0.05, 0) is 29.8 Å². The molecule has 0 radical (unpaired) electrons. The van der Waals surface area contributed by atoms with Gasteiger partial charge in [-0.1, -0.05) is 24.3 Å². The second-order valence-electron chi connectivity index (χ2n) is 5.09. The molecule has 7 heteroatoms. The third-order valence-electron chi connectivity index (χ3n) is 3.51. The van der Waals surface area contributed by atoms with E-state index in [9.17, 15) is 15.0 Å². The van der Waals surface area contributed by atoms with Crippen LogP contribution in [0.4, 0.5) is 0 Å². The number of aromatic nitrogens is 3. The van der Waals surface area contributed by atoms with Crippen LogP contribution in [0.15, 0.2) is 48.5 Å². The van der Waals surface area contributed by atoms with Crippen LogP contribution in [0.1, 0.15) is 11.7 Å². The third-order valence-corrected chi connectivity index (χ3v) is 3.51. The standard InChI is InChI=1S/C16H15N3O4/c20-9-14(21)16(23)15(22)10-4-3-5-11(8-10)19-17-12-6-1-2-7-13(12)18-19/h1-8,15-16,20,22-23H,9H2. The predicted octanol–water partition coefficient (Wildman–Crippen LogP) is 0.376. The zero-order valence-corrected chi connectivity index (χ0v) is 12.1. The van der Waals surface area contributed by atoms with Crippen LogP contribution in [0.2, 0.25) is 0 Å². The van der Waals surface area contributed by atoms with Gasteiger partial charge < -0.3 is 15.3 Å². The topological polar surface area (TPSA) is 108 Å². The lowest BCUT2D eigenvalue weighted by molar-refractivity contribution is -0.135. The van der Waals surface area contributed by atoms with Gasteiger partial charge in [0.05, 0.1) is 5.69 Å². The van der Waals surface area contributed by atoms with Crippen molar-refractivity contribution in [3.05, 3.63) is 54.1 Å². The highest BCUT2D eigenvalue weighted by atomic mass is 16.3. The van der Waals surface area contributed by atoms with Crippen molar-refractivity contribution in [2.24, 2.45) is 0 Å². The number of rotatable bonds is 5. The van der Waals surface area contributed by atoms with Crippen molar-refractivity contribution in [1.29, 1.82) is 0 Å². The number of Topliss-reactive ketones (excluding diaryl/α,β-unsaturated/α-hetero) is 1. The zero-order valence-electron chi connectivity index (χ0n) is 12.1. The molecule has 0 aliphatic rings. The molecule has 3 N–H and O–H groups in total. The molecule has 118 valence electrons. The summed E-state index contributed by atoms with van der Waals surface area (Å²) in [6.45, 7) is -0.829. The fraction of sp³-hybridized carbons (Fsp3) is 0.188. The summed E-state index contributed by atoms with van der Waals surface area (Å²) in [6, 6.07) is 14.0. The highest BCUT2D eigenvalue weighted by molar-refractivity contribution is 5.84. The maximum absolute atomic E-state index is 11.3. The maximum Gasteiger partial charge on any atom is 0.189 e. The Kier molecular flexibility index (Phi) is 4.16. The Morgan fingerprint density at radius 3 is 2.30 bits per heavy atom. The van der Waals surface area contributed by atoms with Crippen molar-refractivity contribution >= 4 is 16.8 Å². The van der Waals surface area contributed by atoms with Crippen LogP contribution in [0.5, 0.6) is 0 Å². The molecule has 0 aliphatic heterocycles. The summed E-state index contributed by atoms with van der Waals surface area (Å²) in [5.74, 6) is -0.842. The second-order valence-corrected chi connectivity index (χ2v) is 5.09. The Balaban J connectivity index is 1.94. The number of nitrogens with zero attached hydrogens (tertiary/aromatic N) is 3. The summed E-state index contributed by atoms with van der Waals surface area (Å²) < 4.78 is 0. The molecule has 1 heterocycles. The van der Waals surface area contributed by atoms with Gasteiger partial charge in [-0.2, -0.15) is 4.80 Å². The van der Waals surface area contributed by atoms with Gasteiger partial charge in [0.25, 0.3) is 0 Å². The number of fused-ring (bicyclic) bond motifs is 1. The Bertz CT molecular complexity index is 813. The van der Waals surface area contributed by atoms with Crippen molar-refractivity contribution in [1.82, 2.24) is 15.0 Å². The monoisotopic (exact) mass is 313 g/mol. The van der Waals surface area contributed by atoms with E-state index in [4.69, 9.17) is 5.11 Å². The lowest BCUT2D eigenvalue weighted by Gasteiger charge is -2.16. The molecule has 0 spiro atoms. The molecule has 3 aromatic rings. The number of ketones is 1. The predicted molar refractivity (Wildman–Crippen MR) is 81.9 cm³/mol. The molecule has 2 atom stereocenters. The van der Waals surface area contributed by atoms with Crippen LogP contribution in [0, 0.1) is 0 Å². The molecule has 0 amide bonds. The number of hydrogen-bond donors (Lipinski definition) is 3. The summed E-state index contributed by atoms with van der Waals surface area (Å²) in [5.41, 5.74) is 2.38. The van der Waals surface area contributed by atoms with E-state index < -0.39 is 24.6 Å². The minimum Gasteiger partial charge on any atom is -0.388 e. The van der Waals surface area contributed by atoms with E-state index in [0.29, 0.717) is 11.3 Å². The van der Waals surface area contributed by atoms with Gasteiger partial charge in [-0.3, -0.25) is 4.79 Å². The first-order valence-electron chi connectivity index (χ1n) is 7.02. The van der Waals surface area contributed by atoms with Gasteiger partial charge in [-0.15, -0.1) is 10.2 Å². The van der Waals surface area contributed by atoms with Crippen LogP contribution >= 0.6 is 0 Å². The van der Waals surface area contributed by atoms with Crippen LogP contribution in [-0.2, 0) is 4.79 Å². The largest absolute Gasteiger partial charge is 0.388 e. The van der Waals surface area contributed by atoms with Crippen molar-refractivity contribution in [3.63, 3.8) is 0 Å². The number of carbonyl (C=O) groups is 1.